The van der Waals surface area contributed by atoms with Gasteiger partial charge in [-0.15, -0.1) is 0 Å². The van der Waals surface area contributed by atoms with Gasteiger partial charge in [0.25, 0.3) is 5.91 Å². The number of hydrogen-bond acceptors (Lipinski definition) is 12. The maximum Gasteiger partial charge on any atom is 0.438 e. The smallest absolute Gasteiger partial charge is 0.438 e. The average molecular weight is 839 g/mol. The zero-order valence-electron chi connectivity index (χ0n) is 32.9. The van der Waals surface area contributed by atoms with Crippen molar-refractivity contribution >= 4 is 44.9 Å². The Morgan fingerprint density at radius 1 is 1.05 bits per heavy atom. The minimum Gasteiger partial charge on any atom is -0.497 e. The maximum atomic E-state index is 14.8. The van der Waals surface area contributed by atoms with Crippen LogP contribution in [0.15, 0.2) is 30.4 Å². The number of carbonyl (C=O) groups is 4. The number of alkyl carbamates (subject to hydrolysis) is 1. The number of rotatable bonds is 9. The summed E-state index contributed by atoms with van der Waals surface area (Å²) in [6, 6.07) is 1.32. The third-order valence-electron chi connectivity index (χ3n) is 10.6. The van der Waals surface area contributed by atoms with E-state index >= 15 is 0 Å². The molecule has 1 aromatic carbocycles. The largest absolute Gasteiger partial charge is 0.497 e. The Balaban J connectivity index is 1.39. The summed E-state index contributed by atoms with van der Waals surface area (Å²) >= 11 is 0. The van der Waals surface area contributed by atoms with Crippen LogP contribution in [0.1, 0.15) is 77.8 Å². The molecule has 1 aromatic heterocycles. The first kappa shape index (κ1) is 42.9. The lowest BCUT2D eigenvalue weighted by molar-refractivity contribution is -0.143. The molecule has 318 valence electrons. The van der Waals surface area contributed by atoms with Crippen LogP contribution in [0.3, 0.4) is 0 Å². The first-order valence-electron chi connectivity index (χ1n) is 19.2. The standard InChI is InChI=1S/C38H49F3N6O10S/c1-36(2,3)57-35(51)44-29-21(20-54-4)10-8-6-7-9-11-22-18-37(22,34(50)46-58(52,53)25-13-14-25)45-31(48)28-17-24(19-47(28)33(29)49)56-32-30(38(39,40)41)42-26-15-12-23(55-5)16-27(26)43-32/h9,11-12,15-16,21-22,24-25,28-29H,6-8,10,13-14,17-20H2,1-5H3,(H,44,51)(H,45,48)(H,46,50). The number of aromatic nitrogens is 2. The number of carbonyl (C=O) groups excluding carboxylic acids is 4. The summed E-state index contributed by atoms with van der Waals surface area (Å²) in [4.78, 5) is 65.3. The lowest BCUT2D eigenvalue weighted by Gasteiger charge is -2.33. The van der Waals surface area contributed by atoms with Crippen LogP contribution in [-0.4, -0.2) is 109 Å². The van der Waals surface area contributed by atoms with Crippen LogP contribution in [0.25, 0.3) is 11.0 Å². The van der Waals surface area contributed by atoms with Gasteiger partial charge in [-0.25, -0.2) is 23.2 Å². The third-order valence-corrected chi connectivity index (χ3v) is 12.4. The zero-order valence-corrected chi connectivity index (χ0v) is 33.7. The van der Waals surface area contributed by atoms with E-state index in [0.717, 1.165) is 4.90 Å². The normalized spacial score (nSPS) is 27.0. The van der Waals surface area contributed by atoms with E-state index in [0.29, 0.717) is 44.3 Å². The molecule has 0 bridgehead atoms. The first-order valence-corrected chi connectivity index (χ1v) is 20.7. The Morgan fingerprint density at radius 2 is 1.79 bits per heavy atom. The van der Waals surface area contributed by atoms with E-state index in [-0.39, 0.29) is 30.5 Å². The van der Waals surface area contributed by atoms with Crippen molar-refractivity contribution in [3.05, 3.63) is 36.0 Å². The molecular weight excluding hydrogens is 790 g/mol. The van der Waals surface area contributed by atoms with Gasteiger partial charge >= 0.3 is 12.3 Å². The van der Waals surface area contributed by atoms with Crippen LogP contribution in [-0.2, 0) is 40.1 Å². The molecule has 4 aliphatic rings. The van der Waals surface area contributed by atoms with Crippen LogP contribution in [0, 0.1) is 11.8 Å². The van der Waals surface area contributed by atoms with Gasteiger partial charge in [-0.1, -0.05) is 18.6 Å². The minimum atomic E-state index is -5.02. The lowest BCUT2D eigenvalue weighted by Crippen LogP contribution is -2.59. The van der Waals surface area contributed by atoms with Crippen LogP contribution in [0.4, 0.5) is 18.0 Å². The molecule has 6 rings (SSSR count). The summed E-state index contributed by atoms with van der Waals surface area (Å²) in [5, 5.41) is 4.65. The van der Waals surface area contributed by atoms with E-state index in [9.17, 15) is 40.8 Å². The second-order valence-electron chi connectivity index (χ2n) is 16.2. The topological polar surface area (TPSA) is 204 Å². The second kappa shape index (κ2) is 16.5. The number of amides is 4. The molecule has 0 radical (unpaired) electrons. The molecule has 2 aliphatic heterocycles. The molecule has 20 heteroatoms. The minimum absolute atomic E-state index is 0.0125. The monoisotopic (exact) mass is 838 g/mol. The number of sulfonamides is 1. The van der Waals surface area contributed by atoms with Gasteiger partial charge in [-0.2, -0.15) is 13.2 Å². The van der Waals surface area contributed by atoms with Crippen LogP contribution >= 0.6 is 0 Å². The molecule has 2 saturated carbocycles. The highest BCUT2D eigenvalue weighted by Gasteiger charge is 2.62. The number of hydrogen-bond donors (Lipinski definition) is 3. The van der Waals surface area contributed by atoms with Gasteiger partial charge in [0.05, 0.1) is 36.5 Å². The SMILES string of the molecule is COCC1CCCCC=CC2CC2(C(=O)NS(=O)(=O)C2CC2)NC(=O)C2CC(Oc3nc4cc(OC)ccc4nc3C(F)(F)F)CN2C(=O)C1NC(=O)OC(C)(C)C. The Hall–Kier alpha value is -4.72. The van der Waals surface area contributed by atoms with Gasteiger partial charge in [-0.05, 0) is 71.4 Å². The average Bonchev–Trinajstić information content (AvgIpc) is 4.06. The van der Waals surface area contributed by atoms with E-state index in [1.165, 1.54) is 32.4 Å². The lowest BCUT2D eigenvalue weighted by atomic mass is 9.92. The number of allylic oxidation sites excluding steroid dienone is 1. The Kier molecular flexibility index (Phi) is 12.2. The van der Waals surface area contributed by atoms with Gasteiger partial charge in [0, 0.05) is 31.4 Å². The Labute approximate surface area is 334 Å². The highest BCUT2D eigenvalue weighted by Crippen LogP contribution is 2.46. The van der Waals surface area contributed by atoms with Gasteiger partial charge in [0.1, 0.15) is 35.1 Å². The Morgan fingerprint density at radius 3 is 2.45 bits per heavy atom. The zero-order chi connectivity index (χ0) is 42.2. The molecule has 0 spiro atoms. The maximum absolute atomic E-state index is 14.8. The highest BCUT2D eigenvalue weighted by atomic mass is 32.2. The number of halogens is 3. The molecule has 2 aliphatic carbocycles. The van der Waals surface area contributed by atoms with E-state index in [1.54, 1.807) is 26.8 Å². The van der Waals surface area contributed by atoms with E-state index in [1.807, 2.05) is 6.08 Å². The third kappa shape index (κ3) is 9.76. The van der Waals surface area contributed by atoms with Crippen molar-refractivity contribution < 1.29 is 59.7 Å². The number of nitrogens with one attached hydrogen (secondary N) is 3. The summed E-state index contributed by atoms with van der Waals surface area (Å²) in [6.07, 6.45) is -0.998. The molecule has 3 N–H and O–H groups in total. The number of benzene rings is 1. The van der Waals surface area contributed by atoms with Crippen molar-refractivity contribution in [2.45, 2.75) is 113 Å². The van der Waals surface area contributed by atoms with E-state index < -0.39 is 105 Å². The number of alkyl halides is 3. The molecular formula is C38H49F3N6O10S. The van der Waals surface area contributed by atoms with Crippen LogP contribution < -0.4 is 24.8 Å². The number of ether oxygens (including phenoxy) is 4. The van der Waals surface area contributed by atoms with E-state index in [4.69, 9.17) is 18.9 Å². The van der Waals surface area contributed by atoms with Gasteiger partial charge < -0.3 is 34.5 Å². The van der Waals surface area contributed by atoms with Gasteiger partial charge in [-0.3, -0.25) is 19.1 Å². The van der Waals surface area contributed by atoms with E-state index in [2.05, 4.69) is 25.3 Å². The summed E-state index contributed by atoms with van der Waals surface area (Å²) in [6.45, 7) is 4.49. The number of fused-ring (bicyclic) bond motifs is 3. The molecule has 2 aromatic rings. The predicted molar refractivity (Wildman–Crippen MR) is 201 cm³/mol. The summed E-state index contributed by atoms with van der Waals surface area (Å²) in [7, 11) is -1.21. The molecule has 1 saturated heterocycles. The second-order valence-corrected chi connectivity index (χ2v) is 18.2. The fourth-order valence-corrected chi connectivity index (χ4v) is 8.76. The summed E-state index contributed by atoms with van der Waals surface area (Å²) in [5.74, 6) is -4.42. The van der Waals surface area contributed by atoms with Crippen molar-refractivity contribution in [2.75, 3.05) is 27.4 Å². The molecule has 4 amide bonds. The van der Waals surface area contributed by atoms with Crippen molar-refractivity contribution in [1.29, 1.82) is 0 Å². The van der Waals surface area contributed by atoms with Crippen LogP contribution in [0.5, 0.6) is 11.6 Å². The highest BCUT2D eigenvalue weighted by molar-refractivity contribution is 7.91. The molecule has 3 heterocycles. The summed E-state index contributed by atoms with van der Waals surface area (Å²) in [5.41, 5.74) is -4.14. The van der Waals surface area contributed by atoms with Crippen molar-refractivity contribution in [2.24, 2.45) is 11.8 Å². The fraction of sp³-hybridized carbons (Fsp3) is 0.632. The Bertz CT molecular complexity index is 2060. The molecule has 6 unspecified atom stereocenters. The molecule has 6 atom stereocenters. The van der Waals surface area contributed by atoms with Crippen molar-refractivity contribution in [1.82, 2.24) is 30.2 Å². The van der Waals surface area contributed by atoms with Gasteiger partial charge in [0.15, 0.2) is 0 Å². The number of nitrogens with zero attached hydrogens (tertiary/aromatic N) is 3. The van der Waals surface area contributed by atoms with Crippen molar-refractivity contribution in [3.63, 3.8) is 0 Å². The predicted octanol–water partition coefficient (Wildman–Crippen LogP) is 3.77. The summed E-state index contributed by atoms with van der Waals surface area (Å²) < 4.78 is 93.2. The van der Waals surface area contributed by atoms with Crippen LogP contribution in [0.2, 0.25) is 0 Å². The number of methoxy groups -OCH3 is 2. The van der Waals surface area contributed by atoms with Crippen molar-refractivity contribution in [3.8, 4) is 11.6 Å². The molecule has 16 nitrogen and oxygen atoms in total. The van der Waals surface area contributed by atoms with Gasteiger partial charge in [0.2, 0.25) is 33.4 Å². The molecule has 3 fully saturated rings. The first-order chi connectivity index (χ1) is 27.2. The molecule has 58 heavy (non-hydrogen) atoms. The quantitative estimate of drug-likeness (QED) is 0.309. The fourth-order valence-electron chi connectivity index (χ4n) is 7.40.